The maximum absolute atomic E-state index is 5.13. The summed E-state index contributed by atoms with van der Waals surface area (Å²) in [6, 6.07) is 8.39. The standard InChI is InChI=1S/C7H7O.C3H4N2S2.Hg/c1-8-7-5-3-2-4-6-7;1-2-4-5-3(6)7-2;/h3-6H,1H3;1H3,(H,5,6);/q;;+1/p-1. The molecule has 1 aromatic heterocycles. The Morgan fingerprint density at radius 2 is 2.00 bits per heavy atom. The molecule has 16 heavy (non-hydrogen) atoms. The van der Waals surface area contributed by atoms with Crippen molar-refractivity contribution in [1.82, 2.24) is 10.2 Å². The molecule has 0 saturated heterocycles. The monoisotopic (exact) mass is 440 g/mol. The Hall–Kier alpha value is -0.135. The van der Waals surface area contributed by atoms with E-state index in [1.165, 1.54) is 3.07 Å². The molecular formula is C10H10HgN2OS2. The molecule has 6 heteroatoms. The second-order valence-corrected chi connectivity index (χ2v) is 15.5. The van der Waals surface area contributed by atoms with Crippen LogP contribution in [0.2, 0.25) is 0 Å². The molecule has 2 rings (SSSR count). The van der Waals surface area contributed by atoms with Gasteiger partial charge in [0.1, 0.15) is 0 Å². The number of rotatable bonds is 4. The summed E-state index contributed by atoms with van der Waals surface area (Å²) in [5, 5.41) is 9.19. The van der Waals surface area contributed by atoms with Crippen molar-refractivity contribution in [1.29, 1.82) is 0 Å². The van der Waals surface area contributed by atoms with Crippen LogP contribution >= 0.6 is 19.6 Å². The van der Waals surface area contributed by atoms with E-state index in [1.807, 2.05) is 27.3 Å². The summed E-state index contributed by atoms with van der Waals surface area (Å²) < 4.78 is 7.74. The van der Waals surface area contributed by atoms with E-state index >= 15 is 0 Å². The molecule has 0 spiro atoms. The molecule has 0 aliphatic carbocycles. The summed E-state index contributed by atoms with van der Waals surface area (Å²) in [6.45, 7) is 1.99. The van der Waals surface area contributed by atoms with E-state index in [0.29, 0.717) is 0 Å². The predicted molar refractivity (Wildman–Crippen MR) is 63.1 cm³/mol. The van der Waals surface area contributed by atoms with Crippen LogP contribution in [0.15, 0.2) is 28.6 Å². The van der Waals surface area contributed by atoms with Crippen molar-refractivity contribution in [2.45, 2.75) is 11.3 Å². The molecule has 1 heterocycles. The van der Waals surface area contributed by atoms with Crippen LogP contribution in [0.25, 0.3) is 0 Å². The third-order valence-electron chi connectivity index (χ3n) is 2.03. The van der Waals surface area contributed by atoms with Crippen LogP contribution in [0.4, 0.5) is 0 Å². The Morgan fingerprint density at radius 1 is 1.25 bits per heavy atom. The average Bonchev–Trinajstić information content (AvgIpc) is 2.73. The van der Waals surface area contributed by atoms with E-state index in [1.54, 1.807) is 18.4 Å². The Balaban J connectivity index is 1.94. The first-order valence-electron chi connectivity index (χ1n) is 4.84. The van der Waals surface area contributed by atoms with Crippen LogP contribution in [0.1, 0.15) is 5.01 Å². The summed E-state index contributed by atoms with van der Waals surface area (Å²) in [4.78, 5) is 0. The van der Waals surface area contributed by atoms with Crippen molar-refractivity contribution in [3.63, 3.8) is 0 Å². The van der Waals surface area contributed by atoms with Gasteiger partial charge in [0.15, 0.2) is 0 Å². The molecular weight excluding hydrogens is 429 g/mol. The third kappa shape index (κ3) is 3.43. The van der Waals surface area contributed by atoms with Crippen molar-refractivity contribution in [3.8, 4) is 5.75 Å². The minimum absolute atomic E-state index is 0.925. The third-order valence-corrected chi connectivity index (χ3v) is 17.1. The number of hydrogen-bond donors (Lipinski definition) is 0. The van der Waals surface area contributed by atoms with Crippen molar-refractivity contribution < 1.29 is 27.8 Å². The number of ether oxygens (including phenoxy) is 1. The second kappa shape index (κ2) is 5.98. The summed E-state index contributed by atoms with van der Waals surface area (Å²) in [6.07, 6.45) is 0. The fourth-order valence-electron chi connectivity index (χ4n) is 1.20. The van der Waals surface area contributed by atoms with Gasteiger partial charge in [0.2, 0.25) is 0 Å². The summed E-state index contributed by atoms with van der Waals surface area (Å²) in [7, 11) is 3.63. The zero-order valence-electron chi connectivity index (χ0n) is 9.14. The molecule has 0 fully saturated rings. The molecule has 0 unspecified atom stereocenters. The van der Waals surface area contributed by atoms with Gasteiger partial charge in [-0.05, 0) is 0 Å². The molecule has 2 aromatic rings. The molecule has 0 N–H and O–H groups in total. The molecule has 0 radical (unpaired) electrons. The van der Waals surface area contributed by atoms with E-state index in [9.17, 15) is 0 Å². The van der Waals surface area contributed by atoms with Gasteiger partial charge in [-0.25, -0.2) is 0 Å². The van der Waals surface area contributed by atoms with Gasteiger partial charge >= 0.3 is 114 Å². The molecule has 3 nitrogen and oxygen atoms in total. The first-order valence-corrected chi connectivity index (χ1v) is 16.1. The molecule has 0 saturated carbocycles. The van der Waals surface area contributed by atoms with Crippen LogP contribution in [-0.2, 0) is 23.1 Å². The molecule has 0 bridgehead atoms. The number of aryl methyl sites for hydroxylation is 1. The predicted octanol–water partition coefficient (Wildman–Crippen LogP) is 2.27. The number of hydrogen-bond acceptors (Lipinski definition) is 5. The van der Waals surface area contributed by atoms with Crippen LogP contribution < -0.4 is 7.81 Å². The quantitative estimate of drug-likeness (QED) is 0.686. The number of methoxy groups -OCH3 is 1. The minimum atomic E-state index is -1.11. The molecule has 0 aliphatic rings. The van der Waals surface area contributed by atoms with Gasteiger partial charge in [-0.2, -0.15) is 0 Å². The van der Waals surface area contributed by atoms with Crippen LogP contribution in [0.5, 0.6) is 5.75 Å². The second-order valence-electron chi connectivity index (χ2n) is 3.22. The topological polar surface area (TPSA) is 35.0 Å². The van der Waals surface area contributed by atoms with Crippen molar-refractivity contribution in [2.24, 2.45) is 0 Å². The van der Waals surface area contributed by atoms with E-state index in [2.05, 4.69) is 22.3 Å². The first kappa shape index (κ1) is 12.3. The van der Waals surface area contributed by atoms with E-state index in [0.717, 1.165) is 15.1 Å². The zero-order valence-corrected chi connectivity index (χ0v) is 16.3. The van der Waals surface area contributed by atoms with Gasteiger partial charge in [-0.3, -0.25) is 0 Å². The van der Waals surface area contributed by atoms with Gasteiger partial charge in [-0.1, -0.05) is 0 Å². The molecule has 0 aliphatic heterocycles. The first-order chi connectivity index (χ1) is 7.78. The van der Waals surface area contributed by atoms with Crippen LogP contribution in [-0.4, -0.2) is 17.3 Å². The average molecular weight is 439 g/mol. The Labute approximate surface area is 113 Å². The van der Waals surface area contributed by atoms with Crippen LogP contribution in [0, 0.1) is 6.92 Å². The Kier molecular flexibility index (Phi) is 4.60. The van der Waals surface area contributed by atoms with Gasteiger partial charge in [-0.15, -0.1) is 0 Å². The number of nitrogens with zero attached hydrogens (tertiary/aromatic N) is 2. The van der Waals surface area contributed by atoms with Crippen molar-refractivity contribution in [3.05, 3.63) is 29.3 Å². The fourth-order valence-corrected chi connectivity index (χ4v) is 13.6. The van der Waals surface area contributed by atoms with Gasteiger partial charge in [0.05, 0.1) is 0 Å². The number of aromatic nitrogens is 2. The van der Waals surface area contributed by atoms with E-state index < -0.39 is 23.1 Å². The maximum atomic E-state index is 5.13. The molecule has 1 aromatic carbocycles. The molecule has 0 amide bonds. The SMILES string of the molecule is COc1cc[c]([Hg][S]c2nnc(C)s2)cc1. The molecule has 0 atom stereocenters. The van der Waals surface area contributed by atoms with Crippen LogP contribution in [0.3, 0.4) is 0 Å². The van der Waals surface area contributed by atoms with Gasteiger partial charge in [0.25, 0.3) is 0 Å². The van der Waals surface area contributed by atoms with E-state index in [-0.39, 0.29) is 0 Å². The zero-order chi connectivity index (χ0) is 11.4. The number of benzene rings is 1. The summed E-state index contributed by atoms with van der Waals surface area (Å²) in [5.74, 6) is 0.925. The molecule has 80 valence electrons. The van der Waals surface area contributed by atoms with E-state index in [4.69, 9.17) is 4.74 Å². The Morgan fingerprint density at radius 3 is 2.56 bits per heavy atom. The van der Waals surface area contributed by atoms with Crippen molar-refractivity contribution >= 4 is 22.7 Å². The van der Waals surface area contributed by atoms with Gasteiger partial charge in [0, 0.05) is 0 Å². The fraction of sp³-hybridized carbons (Fsp3) is 0.200. The van der Waals surface area contributed by atoms with Gasteiger partial charge < -0.3 is 0 Å². The summed E-state index contributed by atoms with van der Waals surface area (Å²) >= 11 is 0.576. The summed E-state index contributed by atoms with van der Waals surface area (Å²) in [5.41, 5.74) is 0. The van der Waals surface area contributed by atoms with Crippen molar-refractivity contribution in [2.75, 3.05) is 7.11 Å². The normalized spacial score (nSPS) is 9.88. The Bertz CT molecular complexity index is 458.